The molecule has 5 N–H and O–H groups in total. The van der Waals surface area contributed by atoms with E-state index in [1.54, 1.807) is 0 Å². The Morgan fingerprint density at radius 3 is 2.30 bits per heavy atom. The minimum Gasteiger partial charge on any atom is -0.387 e. The zero-order valence-electron chi connectivity index (χ0n) is 12.6. The maximum Gasteiger partial charge on any atom is 0.111 e. The summed E-state index contributed by atoms with van der Waals surface area (Å²) < 4.78 is 0. The Morgan fingerprint density at radius 1 is 1.15 bits per heavy atom. The Bertz CT molecular complexity index is 494. The fourth-order valence-corrected chi connectivity index (χ4v) is 3.50. The SMILES string of the molecule is CC1(C)C=C(NO)C(C(O)c2ccccc2)C(C)(C)[NH2+]1. The summed E-state index contributed by atoms with van der Waals surface area (Å²) in [7, 11) is 0. The minimum atomic E-state index is -0.663. The molecule has 0 amide bonds. The summed E-state index contributed by atoms with van der Waals surface area (Å²) >= 11 is 0. The van der Waals surface area contributed by atoms with E-state index in [-0.39, 0.29) is 17.0 Å². The lowest BCUT2D eigenvalue weighted by Gasteiger charge is -2.44. The van der Waals surface area contributed by atoms with Gasteiger partial charge in [-0.2, -0.15) is 0 Å². The Morgan fingerprint density at radius 2 is 1.75 bits per heavy atom. The molecular weight excluding hydrogens is 252 g/mol. The minimum absolute atomic E-state index is 0.124. The van der Waals surface area contributed by atoms with Crippen LogP contribution in [0, 0.1) is 5.92 Å². The molecule has 0 saturated carbocycles. The average Bonchev–Trinajstić information content (AvgIpc) is 2.36. The molecule has 0 bridgehead atoms. The van der Waals surface area contributed by atoms with Gasteiger partial charge in [-0.1, -0.05) is 30.3 Å². The average molecular weight is 277 g/mol. The van der Waals surface area contributed by atoms with Crippen molar-refractivity contribution in [1.82, 2.24) is 5.48 Å². The molecule has 110 valence electrons. The van der Waals surface area contributed by atoms with Crippen molar-refractivity contribution < 1.29 is 15.6 Å². The third kappa shape index (κ3) is 2.87. The highest BCUT2D eigenvalue weighted by Crippen LogP contribution is 2.36. The first kappa shape index (κ1) is 15.0. The molecule has 0 saturated heterocycles. The van der Waals surface area contributed by atoms with E-state index >= 15 is 0 Å². The van der Waals surface area contributed by atoms with Crippen LogP contribution < -0.4 is 10.8 Å². The van der Waals surface area contributed by atoms with Crippen LogP contribution in [-0.2, 0) is 0 Å². The third-order valence-corrected chi connectivity index (χ3v) is 3.99. The van der Waals surface area contributed by atoms with Gasteiger partial charge in [0.05, 0.1) is 17.7 Å². The van der Waals surface area contributed by atoms with Crippen molar-refractivity contribution in [2.75, 3.05) is 0 Å². The highest BCUT2D eigenvalue weighted by atomic mass is 16.5. The molecule has 1 aliphatic heterocycles. The molecule has 0 aliphatic carbocycles. The molecule has 1 aliphatic rings. The molecule has 1 heterocycles. The molecule has 0 spiro atoms. The number of nitrogens with two attached hydrogens (primary N) is 1. The van der Waals surface area contributed by atoms with Crippen molar-refractivity contribution in [2.24, 2.45) is 5.92 Å². The van der Waals surface area contributed by atoms with Crippen LogP contribution in [0.3, 0.4) is 0 Å². The zero-order chi connectivity index (χ0) is 15.0. The number of nitrogens with one attached hydrogen (secondary N) is 1. The Balaban J connectivity index is 2.42. The monoisotopic (exact) mass is 277 g/mol. The fraction of sp³-hybridized carbons (Fsp3) is 0.500. The number of benzene rings is 1. The lowest BCUT2D eigenvalue weighted by atomic mass is 9.73. The van der Waals surface area contributed by atoms with E-state index in [4.69, 9.17) is 0 Å². The quantitative estimate of drug-likeness (QED) is 0.630. The third-order valence-electron chi connectivity index (χ3n) is 3.99. The molecule has 1 aromatic carbocycles. The van der Waals surface area contributed by atoms with E-state index in [9.17, 15) is 10.3 Å². The van der Waals surface area contributed by atoms with Gasteiger partial charge in [0, 0.05) is 0 Å². The second-order valence-corrected chi connectivity index (χ2v) is 6.83. The van der Waals surface area contributed by atoms with Gasteiger partial charge in [0.1, 0.15) is 11.1 Å². The molecule has 0 radical (unpaired) electrons. The molecular formula is C16H25N2O2+. The molecule has 0 fully saturated rings. The lowest BCUT2D eigenvalue weighted by Crippen LogP contribution is -3.06. The van der Waals surface area contributed by atoms with Crippen molar-refractivity contribution in [3.8, 4) is 0 Å². The Labute approximate surface area is 120 Å². The largest absolute Gasteiger partial charge is 0.387 e. The Hall–Kier alpha value is -1.36. The van der Waals surface area contributed by atoms with Gasteiger partial charge in [-0.25, -0.2) is 0 Å². The number of hydrogen-bond donors (Lipinski definition) is 4. The van der Waals surface area contributed by atoms with E-state index in [2.05, 4.69) is 38.5 Å². The van der Waals surface area contributed by atoms with Gasteiger partial charge in [0.15, 0.2) is 0 Å². The maximum absolute atomic E-state index is 10.7. The van der Waals surface area contributed by atoms with E-state index < -0.39 is 6.10 Å². The van der Waals surface area contributed by atoms with Crippen LogP contribution >= 0.6 is 0 Å². The zero-order valence-corrected chi connectivity index (χ0v) is 12.6. The van der Waals surface area contributed by atoms with Crippen molar-refractivity contribution in [3.63, 3.8) is 0 Å². The summed E-state index contributed by atoms with van der Waals surface area (Å²) in [6, 6.07) is 9.58. The highest BCUT2D eigenvalue weighted by molar-refractivity contribution is 5.25. The van der Waals surface area contributed by atoms with Crippen LogP contribution in [-0.4, -0.2) is 21.4 Å². The topological polar surface area (TPSA) is 69.1 Å². The second kappa shape index (κ2) is 5.20. The fourth-order valence-electron chi connectivity index (χ4n) is 3.50. The molecule has 2 atom stereocenters. The summed E-state index contributed by atoms with van der Waals surface area (Å²) in [6.45, 7) is 8.38. The number of hydrogen-bond acceptors (Lipinski definition) is 3. The number of aliphatic hydroxyl groups is 1. The van der Waals surface area contributed by atoms with E-state index in [1.807, 2.05) is 36.4 Å². The normalized spacial score (nSPS) is 25.7. The van der Waals surface area contributed by atoms with E-state index in [0.29, 0.717) is 5.70 Å². The second-order valence-electron chi connectivity index (χ2n) is 6.83. The summed E-state index contributed by atoms with van der Waals surface area (Å²) in [5.74, 6) is -0.206. The van der Waals surface area contributed by atoms with Crippen molar-refractivity contribution in [2.45, 2.75) is 44.9 Å². The van der Waals surface area contributed by atoms with Crippen LogP contribution in [0.1, 0.15) is 39.4 Å². The number of aliphatic hydroxyl groups excluding tert-OH is 1. The maximum atomic E-state index is 10.7. The van der Waals surface area contributed by atoms with Gasteiger partial charge in [-0.15, -0.1) is 0 Å². The summed E-state index contributed by atoms with van der Waals surface area (Å²) in [6.07, 6.45) is 1.32. The van der Waals surface area contributed by atoms with Gasteiger partial charge < -0.3 is 10.4 Å². The molecule has 2 unspecified atom stereocenters. The lowest BCUT2D eigenvalue weighted by molar-refractivity contribution is -0.779. The number of hydroxylamine groups is 1. The first-order valence-corrected chi connectivity index (χ1v) is 7.00. The van der Waals surface area contributed by atoms with Gasteiger partial charge in [0.2, 0.25) is 0 Å². The summed E-state index contributed by atoms with van der Waals surface area (Å²) in [5, 5.41) is 22.5. The predicted molar refractivity (Wildman–Crippen MR) is 78.0 cm³/mol. The van der Waals surface area contributed by atoms with Crippen LogP contribution in [0.5, 0.6) is 0 Å². The smallest absolute Gasteiger partial charge is 0.111 e. The van der Waals surface area contributed by atoms with Gasteiger partial charge in [-0.3, -0.25) is 10.7 Å². The summed E-state index contributed by atoms with van der Waals surface area (Å²) in [5.41, 5.74) is 3.48. The molecule has 4 heteroatoms. The molecule has 20 heavy (non-hydrogen) atoms. The van der Waals surface area contributed by atoms with Crippen LogP contribution in [0.25, 0.3) is 0 Å². The van der Waals surface area contributed by atoms with E-state index in [1.165, 1.54) is 0 Å². The van der Waals surface area contributed by atoms with Crippen LogP contribution in [0.15, 0.2) is 42.1 Å². The number of quaternary nitrogens is 1. The van der Waals surface area contributed by atoms with Crippen LogP contribution in [0.2, 0.25) is 0 Å². The van der Waals surface area contributed by atoms with Gasteiger partial charge in [0.25, 0.3) is 0 Å². The van der Waals surface area contributed by atoms with Crippen molar-refractivity contribution in [1.29, 1.82) is 0 Å². The summed E-state index contributed by atoms with van der Waals surface area (Å²) in [4.78, 5) is 0. The number of rotatable bonds is 3. The van der Waals surface area contributed by atoms with Crippen molar-refractivity contribution in [3.05, 3.63) is 47.7 Å². The van der Waals surface area contributed by atoms with Gasteiger partial charge >= 0.3 is 0 Å². The molecule has 2 rings (SSSR count). The highest BCUT2D eigenvalue weighted by Gasteiger charge is 2.48. The van der Waals surface area contributed by atoms with Crippen molar-refractivity contribution >= 4 is 0 Å². The predicted octanol–water partition coefficient (Wildman–Crippen LogP) is 1.33. The molecule has 1 aromatic rings. The molecule has 4 nitrogen and oxygen atoms in total. The Kier molecular flexibility index (Phi) is 3.91. The standard InChI is InChI=1S/C16H24N2O2/c1-15(2)10-12(17-20)13(16(3,4)18-15)14(19)11-8-6-5-7-9-11/h5-10,13-14,17-20H,1-4H3/p+1. The first-order chi connectivity index (χ1) is 9.27. The van der Waals surface area contributed by atoms with Crippen LogP contribution in [0.4, 0.5) is 0 Å². The molecule has 0 aromatic heterocycles. The van der Waals surface area contributed by atoms with E-state index in [0.717, 1.165) is 5.56 Å². The van der Waals surface area contributed by atoms with Gasteiger partial charge in [-0.05, 0) is 39.3 Å². The first-order valence-electron chi connectivity index (χ1n) is 7.00.